The lowest BCUT2D eigenvalue weighted by Gasteiger charge is -2.38. The predicted molar refractivity (Wildman–Crippen MR) is 96.4 cm³/mol. The van der Waals surface area contributed by atoms with Gasteiger partial charge in [0, 0.05) is 12.2 Å². The van der Waals surface area contributed by atoms with Gasteiger partial charge in [-0.3, -0.25) is 4.79 Å². The summed E-state index contributed by atoms with van der Waals surface area (Å²) in [6.45, 7) is 5.47. The van der Waals surface area contributed by atoms with Gasteiger partial charge in [0.05, 0.1) is 12.2 Å². The van der Waals surface area contributed by atoms with Crippen molar-refractivity contribution < 1.29 is 9.53 Å². The number of carbonyl (C=O) groups is 1. The van der Waals surface area contributed by atoms with Crippen LogP contribution < -0.4 is 10.1 Å². The lowest BCUT2D eigenvalue weighted by Crippen LogP contribution is -2.43. The maximum absolute atomic E-state index is 13.0. The highest BCUT2D eigenvalue weighted by Gasteiger charge is 2.32. The zero-order valence-electron chi connectivity index (χ0n) is 14.3. The van der Waals surface area contributed by atoms with Gasteiger partial charge in [0.25, 0.3) is 5.91 Å². The number of hydrogen-bond donors (Lipinski definition) is 1. The van der Waals surface area contributed by atoms with E-state index in [2.05, 4.69) is 12.2 Å². The second-order valence-corrected chi connectivity index (χ2v) is 5.95. The minimum absolute atomic E-state index is 0.0876. The molecule has 0 fully saturated rings. The molecule has 2 aromatic carbocycles. The molecule has 0 aromatic heterocycles. The van der Waals surface area contributed by atoms with Gasteiger partial charge in [0.1, 0.15) is 11.9 Å². The van der Waals surface area contributed by atoms with Crippen LogP contribution in [0.2, 0.25) is 0 Å². The van der Waals surface area contributed by atoms with Crippen molar-refractivity contribution in [1.82, 2.24) is 4.90 Å². The molecule has 1 unspecified atom stereocenters. The number of unbranched alkanes of at least 4 members (excludes halogenated alkanes) is 1. The van der Waals surface area contributed by atoms with Crippen molar-refractivity contribution in [2.24, 2.45) is 0 Å². The Morgan fingerprint density at radius 3 is 2.75 bits per heavy atom. The summed E-state index contributed by atoms with van der Waals surface area (Å²) in [5, 5.41) is 3.52. The zero-order valence-corrected chi connectivity index (χ0v) is 14.3. The molecule has 4 nitrogen and oxygen atoms in total. The summed E-state index contributed by atoms with van der Waals surface area (Å²) in [5.74, 6) is 0.920. The predicted octanol–water partition coefficient (Wildman–Crippen LogP) is 4.45. The van der Waals surface area contributed by atoms with Gasteiger partial charge < -0.3 is 15.0 Å². The van der Waals surface area contributed by atoms with Gasteiger partial charge in [0.2, 0.25) is 0 Å². The van der Waals surface area contributed by atoms with Crippen LogP contribution in [0.15, 0.2) is 48.5 Å². The first-order chi connectivity index (χ1) is 11.7. The molecule has 1 atom stereocenters. The van der Waals surface area contributed by atoms with Crippen LogP contribution in [0.1, 0.15) is 48.8 Å². The summed E-state index contributed by atoms with van der Waals surface area (Å²) in [6.07, 6.45) is 1.87. The second kappa shape index (κ2) is 7.39. The van der Waals surface area contributed by atoms with Crippen LogP contribution in [0, 0.1) is 0 Å². The van der Waals surface area contributed by atoms with Crippen LogP contribution in [0.4, 0.5) is 5.69 Å². The SMILES string of the molecule is CCCCN1C(=O)c2ccccc2NC1c1cccc(OCC)c1. The molecule has 126 valence electrons. The normalized spacial score (nSPS) is 16.5. The number of nitrogens with zero attached hydrogens (tertiary/aromatic N) is 1. The number of carbonyl (C=O) groups excluding carboxylic acids is 1. The average molecular weight is 324 g/mol. The van der Waals surface area contributed by atoms with Crippen LogP contribution in [0.25, 0.3) is 0 Å². The lowest BCUT2D eigenvalue weighted by molar-refractivity contribution is 0.0680. The smallest absolute Gasteiger partial charge is 0.257 e. The van der Waals surface area contributed by atoms with E-state index < -0.39 is 0 Å². The van der Waals surface area contributed by atoms with Crippen LogP contribution in [-0.4, -0.2) is 24.0 Å². The Balaban J connectivity index is 1.97. The fraction of sp³-hybridized carbons (Fsp3) is 0.350. The Morgan fingerprint density at radius 1 is 1.12 bits per heavy atom. The highest BCUT2D eigenvalue weighted by atomic mass is 16.5. The molecule has 1 amide bonds. The third-order valence-corrected chi connectivity index (χ3v) is 4.26. The number of anilines is 1. The van der Waals surface area contributed by atoms with Gasteiger partial charge in [0.15, 0.2) is 0 Å². The number of para-hydroxylation sites is 1. The first kappa shape index (κ1) is 16.4. The van der Waals surface area contributed by atoms with E-state index in [9.17, 15) is 4.79 Å². The van der Waals surface area contributed by atoms with Gasteiger partial charge in [-0.1, -0.05) is 37.6 Å². The standard InChI is InChI=1S/C20H24N2O2/c1-3-5-13-22-19(15-9-8-10-16(14-15)24-4-2)21-18-12-7-6-11-17(18)20(22)23/h6-12,14,19,21H,3-5,13H2,1-2H3. The second-order valence-electron chi connectivity index (χ2n) is 5.95. The largest absolute Gasteiger partial charge is 0.494 e. The molecule has 0 radical (unpaired) electrons. The highest BCUT2D eigenvalue weighted by Crippen LogP contribution is 2.34. The number of amides is 1. The lowest BCUT2D eigenvalue weighted by atomic mass is 10.0. The van der Waals surface area contributed by atoms with E-state index in [0.717, 1.165) is 42.0 Å². The fourth-order valence-corrected chi connectivity index (χ4v) is 3.06. The molecular formula is C20H24N2O2. The Bertz CT molecular complexity index is 714. The molecule has 1 heterocycles. The van der Waals surface area contributed by atoms with Crippen molar-refractivity contribution in [3.63, 3.8) is 0 Å². The molecule has 2 aromatic rings. The van der Waals surface area contributed by atoms with Crippen molar-refractivity contribution in [3.8, 4) is 5.75 Å². The minimum atomic E-state index is -0.167. The van der Waals surface area contributed by atoms with Crippen LogP contribution in [0.3, 0.4) is 0 Å². The molecule has 0 aliphatic carbocycles. The van der Waals surface area contributed by atoms with Crippen LogP contribution >= 0.6 is 0 Å². The molecule has 0 saturated carbocycles. The first-order valence-electron chi connectivity index (χ1n) is 8.64. The summed E-state index contributed by atoms with van der Waals surface area (Å²) in [5.41, 5.74) is 2.67. The van der Waals surface area contributed by atoms with E-state index in [1.165, 1.54) is 0 Å². The van der Waals surface area contributed by atoms with Crippen LogP contribution in [0.5, 0.6) is 5.75 Å². The maximum Gasteiger partial charge on any atom is 0.257 e. The average Bonchev–Trinajstić information content (AvgIpc) is 2.61. The van der Waals surface area contributed by atoms with Crippen molar-refractivity contribution in [2.45, 2.75) is 32.9 Å². The van der Waals surface area contributed by atoms with E-state index in [0.29, 0.717) is 6.61 Å². The third-order valence-electron chi connectivity index (χ3n) is 4.26. The molecule has 4 heteroatoms. The fourth-order valence-electron chi connectivity index (χ4n) is 3.06. The Labute approximate surface area is 143 Å². The van der Waals surface area contributed by atoms with Crippen molar-refractivity contribution in [3.05, 3.63) is 59.7 Å². The quantitative estimate of drug-likeness (QED) is 0.853. The molecule has 24 heavy (non-hydrogen) atoms. The van der Waals surface area contributed by atoms with Crippen molar-refractivity contribution in [1.29, 1.82) is 0 Å². The van der Waals surface area contributed by atoms with Crippen LogP contribution in [-0.2, 0) is 0 Å². The summed E-state index contributed by atoms with van der Waals surface area (Å²) < 4.78 is 5.62. The van der Waals surface area contributed by atoms with Gasteiger partial charge >= 0.3 is 0 Å². The first-order valence-corrected chi connectivity index (χ1v) is 8.64. The Hall–Kier alpha value is -2.49. The molecule has 1 aliphatic rings. The van der Waals surface area contributed by atoms with E-state index >= 15 is 0 Å². The van der Waals surface area contributed by atoms with E-state index in [1.54, 1.807) is 0 Å². The third kappa shape index (κ3) is 3.23. The summed E-state index contributed by atoms with van der Waals surface area (Å²) in [7, 11) is 0. The zero-order chi connectivity index (χ0) is 16.9. The number of hydrogen-bond acceptors (Lipinski definition) is 3. The molecule has 1 aliphatic heterocycles. The topological polar surface area (TPSA) is 41.6 Å². The molecule has 0 spiro atoms. The van der Waals surface area contributed by atoms with Gasteiger partial charge in [-0.05, 0) is 43.2 Å². The van der Waals surface area contributed by atoms with Gasteiger partial charge in [-0.15, -0.1) is 0 Å². The van der Waals surface area contributed by atoms with E-state index in [1.807, 2.05) is 60.4 Å². The van der Waals surface area contributed by atoms with Gasteiger partial charge in [-0.25, -0.2) is 0 Å². The molecule has 0 bridgehead atoms. The Kier molecular flexibility index (Phi) is 5.04. The molecular weight excluding hydrogens is 300 g/mol. The number of ether oxygens (including phenoxy) is 1. The maximum atomic E-state index is 13.0. The number of rotatable bonds is 6. The summed E-state index contributed by atoms with van der Waals surface area (Å²) in [4.78, 5) is 14.9. The monoisotopic (exact) mass is 324 g/mol. The molecule has 1 N–H and O–H groups in total. The van der Waals surface area contributed by atoms with E-state index in [4.69, 9.17) is 4.74 Å². The molecule has 0 saturated heterocycles. The van der Waals surface area contributed by atoms with Crippen molar-refractivity contribution in [2.75, 3.05) is 18.5 Å². The van der Waals surface area contributed by atoms with Crippen molar-refractivity contribution >= 4 is 11.6 Å². The van der Waals surface area contributed by atoms with Gasteiger partial charge in [-0.2, -0.15) is 0 Å². The number of nitrogens with one attached hydrogen (secondary N) is 1. The number of benzene rings is 2. The summed E-state index contributed by atoms with van der Waals surface area (Å²) >= 11 is 0. The Morgan fingerprint density at radius 2 is 1.96 bits per heavy atom. The van der Waals surface area contributed by atoms with E-state index in [-0.39, 0.29) is 12.1 Å². The highest BCUT2D eigenvalue weighted by molar-refractivity contribution is 6.01. The minimum Gasteiger partial charge on any atom is -0.494 e. The number of fused-ring (bicyclic) bond motifs is 1. The molecule has 3 rings (SSSR count). The summed E-state index contributed by atoms with van der Waals surface area (Å²) in [6, 6.07) is 15.7.